The first-order valence-corrected chi connectivity index (χ1v) is 5.60. The van der Waals surface area contributed by atoms with E-state index in [2.05, 4.69) is 23.0 Å². The fourth-order valence-electron chi connectivity index (χ4n) is 1.65. The Hall–Kier alpha value is -2.35. The molecule has 0 aromatic carbocycles. The third-order valence-corrected chi connectivity index (χ3v) is 2.74. The van der Waals surface area contributed by atoms with E-state index < -0.39 is 0 Å². The molecule has 2 rings (SSSR count). The number of hydrogen-bond acceptors (Lipinski definition) is 4. The monoisotopic (exact) mass is 240 g/mol. The summed E-state index contributed by atoms with van der Waals surface area (Å²) in [6.45, 7) is 5.20. The second-order valence-electron chi connectivity index (χ2n) is 3.93. The zero-order valence-electron chi connectivity index (χ0n) is 10.2. The number of rotatable bonds is 4. The van der Waals surface area contributed by atoms with E-state index in [4.69, 9.17) is 5.26 Å². The predicted molar refractivity (Wildman–Crippen MR) is 68.6 cm³/mol. The van der Waals surface area contributed by atoms with Crippen molar-refractivity contribution < 1.29 is 0 Å². The molecule has 0 N–H and O–H groups in total. The lowest BCUT2D eigenvalue weighted by atomic mass is 10.3. The molecule has 0 aliphatic heterocycles. The van der Waals surface area contributed by atoms with Crippen LogP contribution in [-0.4, -0.2) is 21.1 Å². The highest BCUT2D eigenvalue weighted by molar-refractivity contribution is 5.42. The van der Waals surface area contributed by atoms with Gasteiger partial charge in [-0.05, 0) is 19.1 Å². The Kier molecular flexibility index (Phi) is 3.58. The van der Waals surface area contributed by atoms with Gasteiger partial charge in [-0.3, -0.25) is 0 Å². The smallest absolute Gasteiger partial charge is 0.128 e. The quantitative estimate of drug-likeness (QED) is 0.813. The zero-order chi connectivity index (χ0) is 13.0. The molecule has 91 valence electrons. The number of nitriles is 1. The minimum absolute atomic E-state index is 0.559. The Labute approximate surface area is 106 Å². The van der Waals surface area contributed by atoms with Crippen LogP contribution >= 0.6 is 0 Å². The highest BCUT2D eigenvalue weighted by Crippen LogP contribution is 2.14. The maximum absolute atomic E-state index is 8.74. The van der Waals surface area contributed by atoms with Gasteiger partial charge in [-0.2, -0.15) is 5.26 Å². The Morgan fingerprint density at radius 3 is 2.78 bits per heavy atom. The van der Waals surface area contributed by atoms with Gasteiger partial charge in [-0.25, -0.2) is 9.97 Å². The summed E-state index contributed by atoms with van der Waals surface area (Å²) in [6.07, 6.45) is 5.16. The van der Waals surface area contributed by atoms with Gasteiger partial charge in [0.1, 0.15) is 11.9 Å². The first kappa shape index (κ1) is 12.1. The van der Waals surface area contributed by atoms with E-state index in [1.807, 2.05) is 28.8 Å². The third-order valence-electron chi connectivity index (χ3n) is 2.74. The summed E-state index contributed by atoms with van der Waals surface area (Å²) in [6, 6.07) is 5.65. The molecule has 1 radical (unpaired) electrons. The number of imidazole rings is 1. The van der Waals surface area contributed by atoms with E-state index in [1.165, 1.54) is 0 Å². The summed E-state index contributed by atoms with van der Waals surface area (Å²) in [4.78, 5) is 10.4. The summed E-state index contributed by atoms with van der Waals surface area (Å²) in [5, 5.41) is 8.74. The molecule has 2 aromatic heterocycles. The van der Waals surface area contributed by atoms with Crippen molar-refractivity contribution in [1.82, 2.24) is 14.5 Å². The number of aryl methyl sites for hydroxylation is 1. The number of nitrogens with zero attached hydrogens (tertiary/aromatic N) is 5. The van der Waals surface area contributed by atoms with Crippen LogP contribution < -0.4 is 4.90 Å². The van der Waals surface area contributed by atoms with Crippen molar-refractivity contribution in [3.63, 3.8) is 0 Å². The van der Waals surface area contributed by atoms with Crippen LogP contribution in [0, 0.1) is 18.3 Å². The van der Waals surface area contributed by atoms with Gasteiger partial charge >= 0.3 is 0 Å². The Bertz CT molecular complexity index is 550. The Morgan fingerprint density at radius 2 is 2.28 bits per heavy atom. The lowest BCUT2D eigenvalue weighted by Gasteiger charge is -2.21. The fraction of sp³-hybridized carbons (Fsp3) is 0.231. The number of anilines is 1. The molecule has 0 atom stereocenters. The van der Waals surface area contributed by atoms with Crippen molar-refractivity contribution in [1.29, 1.82) is 5.26 Å². The van der Waals surface area contributed by atoms with Crippen molar-refractivity contribution in [3.8, 4) is 6.07 Å². The molecule has 0 saturated carbocycles. The van der Waals surface area contributed by atoms with Gasteiger partial charge in [0.25, 0.3) is 0 Å². The second kappa shape index (κ2) is 5.32. The number of pyridine rings is 1. The Morgan fingerprint density at radius 1 is 1.44 bits per heavy atom. The lowest BCUT2D eigenvalue weighted by molar-refractivity contribution is 0.759. The van der Waals surface area contributed by atoms with Crippen LogP contribution in [0.5, 0.6) is 0 Å². The lowest BCUT2D eigenvalue weighted by Crippen LogP contribution is -2.24. The standard InChI is InChI=1S/C13H14N5/c1-3-18(9-12-8-15-10-17(12)2)13-5-4-11(6-14)7-16-13/h4-5,7-8,10H,1,3,9H2,2H3. The van der Waals surface area contributed by atoms with Crippen molar-refractivity contribution in [2.24, 2.45) is 7.05 Å². The van der Waals surface area contributed by atoms with Crippen LogP contribution in [0.25, 0.3) is 0 Å². The summed E-state index contributed by atoms with van der Waals surface area (Å²) in [7, 11) is 1.95. The van der Waals surface area contributed by atoms with Crippen LogP contribution in [0.1, 0.15) is 11.3 Å². The Balaban J connectivity index is 2.18. The van der Waals surface area contributed by atoms with E-state index in [-0.39, 0.29) is 0 Å². The first-order chi connectivity index (χ1) is 8.74. The van der Waals surface area contributed by atoms with Gasteiger partial charge in [0.05, 0.1) is 24.1 Å². The van der Waals surface area contributed by atoms with Crippen LogP contribution in [0.2, 0.25) is 0 Å². The van der Waals surface area contributed by atoms with Crippen molar-refractivity contribution in [3.05, 3.63) is 49.0 Å². The molecule has 0 bridgehead atoms. The highest BCUT2D eigenvalue weighted by Gasteiger charge is 2.08. The SMILES string of the molecule is [CH2]CN(Cc1cncn1C)c1ccc(C#N)cn1. The molecule has 5 heteroatoms. The van der Waals surface area contributed by atoms with Gasteiger partial charge in [-0.1, -0.05) is 0 Å². The number of hydrogen-bond donors (Lipinski definition) is 0. The third kappa shape index (κ3) is 2.48. The second-order valence-corrected chi connectivity index (χ2v) is 3.93. The van der Waals surface area contributed by atoms with E-state index in [9.17, 15) is 0 Å². The van der Waals surface area contributed by atoms with Gasteiger partial charge in [-0.15, -0.1) is 0 Å². The van der Waals surface area contributed by atoms with Crippen LogP contribution in [-0.2, 0) is 13.6 Å². The first-order valence-electron chi connectivity index (χ1n) is 5.60. The van der Waals surface area contributed by atoms with E-state index in [0.717, 1.165) is 11.5 Å². The molecule has 0 saturated heterocycles. The van der Waals surface area contributed by atoms with Crippen LogP contribution in [0.4, 0.5) is 5.82 Å². The number of aromatic nitrogens is 3. The summed E-state index contributed by atoms with van der Waals surface area (Å²) < 4.78 is 1.96. The average Bonchev–Trinajstić information content (AvgIpc) is 2.81. The van der Waals surface area contributed by atoms with Gasteiger partial charge in [0.2, 0.25) is 0 Å². The van der Waals surface area contributed by atoms with Crippen molar-refractivity contribution >= 4 is 5.82 Å². The molecule has 0 amide bonds. The van der Waals surface area contributed by atoms with Crippen LogP contribution in [0.15, 0.2) is 30.9 Å². The maximum Gasteiger partial charge on any atom is 0.128 e. The van der Waals surface area contributed by atoms with Crippen molar-refractivity contribution in [2.75, 3.05) is 11.4 Å². The normalized spacial score (nSPS) is 10.1. The molecular formula is C13H14N5. The molecular weight excluding hydrogens is 226 g/mol. The van der Waals surface area contributed by atoms with Gasteiger partial charge in [0, 0.05) is 26.0 Å². The minimum atomic E-state index is 0.559. The minimum Gasteiger partial charge on any atom is -0.351 e. The predicted octanol–water partition coefficient (Wildman–Crippen LogP) is 1.53. The molecule has 2 aromatic rings. The largest absolute Gasteiger partial charge is 0.351 e. The molecule has 2 heterocycles. The molecule has 0 fully saturated rings. The van der Waals surface area contributed by atoms with E-state index in [1.54, 1.807) is 18.6 Å². The zero-order valence-corrected chi connectivity index (χ0v) is 10.2. The average molecular weight is 240 g/mol. The molecule has 0 spiro atoms. The highest BCUT2D eigenvalue weighted by atomic mass is 15.2. The summed E-state index contributed by atoms with van der Waals surface area (Å²) in [5.41, 5.74) is 1.65. The van der Waals surface area contributed by atoms with Crippen molar-refractivity contribution in [2.45, 2.75) is 6.54 Å². The summed E-state index contributed by atoms with van der Waals surface area (Å²) in [5.74, 6) is 0.810. The van der Waals surface area contributed by atoms with Crippen LogP contribution in [0.3, 0.4) is 0 Å². The molecule has 0 aliphatic carbocycles. The molecule has 18 heavy (non-hydrogen) atoms. The van der Waals surface area contributed by atoms with E-state index in [0.29, 0.717) is 18.7 Å². The van der Waals surface area contributed by atoms with E-state index >= 15 is 0 Å². The molecule has 5 nitrogen and oxygen atoms in total. The maximum atomic E-state index is 8.74. The summed E-state index contributed by atoms with van der Waals surface area (Å²) >= 11 is 0. The van der Waals surface area contributed by atoms with Gasteiger partial charge in [0.15, 0.2) is 0 Å². The van der Waals surface area contributed by atoms with Gasteiger partial charge < -0.3 is 9.47 Å². The molecule has 0 unspecified atom stereocenters. The topological polar surface area (TPSA) is 57.7 Å². The molecule has 0 aliphatic rings. The fourth-order valence-corrected chi connectivity index (χ4v) is 1.65.